The first-order valence-corrected chi connectivity index (χ1v) is 7.43. The summed E-state index contributed by atoms with van der Waals surface area (Å²) < 4.78 is 24.3. The average molecular weight is 264 g/mol. The van der Waals surface area contributed by atoms with Gasteiger partial charge < -0.3 is 5.32 Å². The van der Waals surface area contributed by atoms with Gasteiger partial charge in [-0.1, -0.05) is 32.9 Å². The standard InChI is InChI=1S/C13H16N2O2S/c1-13(2,3)10-5-4-6-11-12(10)15-9(7-14)8-18(11,16)17/h4-6,9,15H,8H2,1-3H3. The fraction of sp³-hybridized carbons (Fsp3) is 0.462. The second-order valence-electron chi connectivity index (χ2n) is 5.54. The Kier molecular flexibility index (Phi) is 2.86. The summed E-state index contributed by atoms with van der Waals surface area (Å²) in [6, 6.07) is 6.57. The molecule has 1 unspecified atom stereocenters. The third kappa shape index (κ3) is 2.08. The highest BCUT2D eigenvalue weighted by Gasteiger charge is 2.33. The van der Waals surface area contributed by atoms with Crippen molar-refractivity contribution in [1.82, 2.24) is 0 Å². The highest BCUT2D eigenvalue weighted by Crippen LogP contribution is 2.37. The Bertz CT molecular complexity index is 621. The van der Waals surface area contributed by atoms with E-state index in [2.05, 4.69) is 5.32 Å². The Morgan fingerprint density at radius 2 is 2.06 bits per heavy atom. The molecule has 2 rings (SSSR count). The summed E-state index contributed by atoms with van der Waals surface area (Å²) in [5.41, 5.74) is 1.33. The van der Waals surface area contributed by atoms with Gasteiger partial charge in [0.05, 0.1) is 22.4 Å². The monoisotopic (exact) mass is 264 g/mol. The molecule has 0 bridgehead atoms. The lowest BCUT2D eigenvalue weighted by Gasteiger charge is -2.29. The van der Waals surface area contributed by atoms with E-state index < -0.39 is 15.9 Å². The number of hydrogen-bond donors (Lipinski definition) is 1. The van der Waals surface area contributed by atoms with E-state index in [1.807, 2.05) is 32.9 Å². The first-order valence-electron chi connectivity index (χ1n) is 5.78. The molecule has 0 fully saturated rings. The summed E-state index contributed by atoms with van der Waals surface area (Å²) in [6.07, 6.45) is 0. The minimum atomic E-state index is -3.37. The number of nitrogens with one attached hydrogen (secondary N) is 1. The smallest absolute Gasteiger partial charge is 0.183 e. The number of rotatable bonds is 0. The number of anilines is 1. The van der Waals surface area contributed by atoms with Crippen LogP contribution in [0, 0.1) is 11.3 Å². The van der Waals surface area contributed by atoms with Gasteiger partial charge in [0.25, 0.3) is 0 Å². The van der Waals surface area contributed by atoms with Crippen molar-refractivity contribution in [3.8, 4) is 6.07 Å². The molecule has 0 spiro atoms. The maximum atomic E-state index is 12.1. The summed E-state index contributed by atoms with van der Waals surface area (Å²) in [5.74, 6) is -0.163. The minimum absolute atomic E-state index is 0.163. The number of benzene rings is 1. The van der Waals surface area contributed by atoms with Crippen molar-refractivity contribution in [3.05, 3.63) is 23.8 Å². The first kappa shape index (κ1) is 12.9. The van der Waals surface area contributed by atoms with E-state index in [9.17, 15) is 8.42 Å². The van der Waals surface area contributed by atoms with E-state index in [-0.39, 0.29) is 11.2 Å². The largest absolute Gasteiger partial charge is 0.368 e. The zero-order valence-corrected chi connectivity index (χ0v) is 11.5. The third-order valence-electron chi connectivity index (χ3n) is 3.03. The molecule has 0 amide bonds. The van der Waals surface area contributed by atoms with Gasteiger partial charge in [0.2, 0.25) is 0 Å². The molecule has 1 aromatic rings. The van der Waals surface area contributed by atoms with Crippen molar-refractivity contribution in [1.29, 1.82) is 5.26 Å². The molecule has 0 saturated carbocycles. The molecule has 1 aliphatic rings. The van der Waals surface area contributed by atoms with Crippen molar-refractivity contribution in [2.75, 3.05) is 11.1 Å². The molecular formula is C13H16N2O2S. The predicted octanol–water partition coefficient (Wildman–Crippen LogP) is 2.08. The zero-order chi connectivity index (χ0) is 13.6. The normalized spacial score (nSPS) is 21.6. The number of fused-ring (bicyclic) bond motifs is 1. The highest BCUT2D eigenvalue weighted by molar-refractivity contribution is 7.91. The zero-order valence-electron chi connectivity index (χ0n) is 10.7. The summed E-state index contributed by atoms with van der Waals surface area (Å²) >= 11 is 0. The molecule has 1 atom stereocenters. The maximum Gasteiger partial charge on any atom is 0.183 e. The Hall–Kier alpha value is -1.54. The Morgan fingerprint density at radius 1 is 1.39 bits per heavy atom. The fourth-order valence-electron chi connectivity index (χ4n) is 2.16. The van der Waals surface area contributed by atoms with Crippen LogP contribution in [0.3, 0.4) is 0 Å². The average Bonchev–Trinajstić information content (AvgIpc) is 2.26. The van der Waals surface area contributed by atoms with Crippen molar-refractivity contribution >= 4 is 15.5 Å². The molecule has 1 aliphatic heterocycles. The molecule has 0 aromatic heterocycles. The Morgan fingerprint density at radius 3 is 2.61 bits per heavy atom. The quantitative estimate of drug-likeness (QED) is 0.778. The second kappa shape index (κ2) is 3.99. The van der Waals surface area contributed by atoms with Crippen LogP contribution >= 0.6 is 0 Å². The van der Waals surface area contributed by atoms with Gasteiger partial charge in [-0.05, 0) is 17.0 Å². The van der Waals surface area contributed by atoms with Gasteiger partial charge in [-0.3, -0.25) is 0 Å². The first-order chi connectivity index (χ1) is 8.25. The number of nitriles is 1. The van der Waals surface area contributed by atoms with E-state index in [4.69, 9.17) is 5.26 Å². The lowest BCUT2D eigenvalue weighted by atomic mass is 9.85. The van der Waals surface area contributed by atoms with Crippen LogP contribution in [-0.2, 0) is 15.3 Å². The van der Waals surface area contributed by atoms with Gasteiger partial charge in [0.15, 0.2) is 9.84 Å². The van der Waals surface area contributed by atoms with Crippen LogP contribution in [0.1, 0.15) is 26.3 Å². The SMILES string of the molecule is CC(C)(C)c1cccc2c1NC(C#N)CS2(=O)=O. The Balaban J connectivity index is 2.71. The van der Waals surface area contributed by atoms with E-state index in [1.165, 1.54) is 0 Å². The molecule has 0 radical (unpaired) electrons. The third-order valence-corrected chi connectivity index (χ3v) is 4.81. The van der Waals surface area contributed by atoms with Crippen LogP contribution in [0.2, 0.25) is 0 Å². The Labute approximate surface area is 108 Å². The van der Waals surface area contributed by atoms with E-state index in [0.29, 0.717) is 10.6 Å². The molecule has 96 valence electrons. The highest BCUT2D eigenvalue weighted by atomic mass is 32.2. The van der Waals surface area contributed by atoms with Crippen LogP contribution in [0.15, 0.2) is 23.1 Å². The van der Waals surface area contributed by atoms with Gasteiger partial charge in [-0.25, -0.2) is 8.42 Å². The minimum Gasteiger partial charge on any atom is -0.368 e. The summed E-state index contributed by atoms with van der Waals surface area (Å²) in [7, 11) is -3.37. The number of sulfone groups is 1. The number of hydrogen-bond acceptors (Lipinski definition) is 4. The van der Waals surface area contributed by atoms with Gasteiger partial charge >= 0.3 is 0 Å². The van der Waals surface area contributed by atoms with Gasteiger partial charge in [-0.15, -0.1) is 0 Å². The van der Waals surface area contributed by atoms with E-state index in [1.54, 1.807) is 12.1 Å². The number of para-hydroxylation sites is 1. The van der Waals surface area contributed by atoms with Crippen LogP contribution in [0.25, 0.3) is 0 Å². The molecular weight excluding hydrogens is 248 g/mol. The molecule has 1 aromatic carbocycles. The molecule has 1 N–H and O–H groups in total. The molecule has 4 nitrogen and oxygen atoms in total. The van der Waals surface area contributed by atoms with Crippen LogP contribution in [0.4, 0.5) is 5.69 Å². The summed E-state index contributed by atoms with van der Waals surface area (Å²) in [5, 5.41) is 12.0. The van der Waals surface area contributed by atoms with Crippen molar-refractivity contribution in [2.24, 2.45) is 0 Å². The van der Waals surface area contributed by atoms with Gasteiger partial charge in [0, 0.05) is 0 Å². The lowest BCUT2D eigenvalue weighted by molar-refractivity contribution is 0.579. The van der Waals surface area contributed by atoms with Crippen LogP contribution in [0.5, 0.6) is 0 Å². The molecule has 0 aliphatic carbocycles. The predicted molar refractivity (Wildman–Crippen MR) is 70.2 cm³/mol. The lowest BCUT2D eigenvalue weighted by Crippen LogP contribution is -2.34. The second-order valence-corrected chi connectivity index (χ2v) is 7.54. The summed E-state index contributed by atoms with van der Waals surface area (Å²) in [4.78, 5) is 0.307. The van der Waals surface area contributed by atoms with E-state index >= 15 is 0 Å². The molecule has 1 heterocycles. The van der Waals surface area contributed by atoms with Gasteiger partial charge in [0.1, 0.15) is 6.04 Å². The maximum absolute atomic E-state index is 12.1. The van der Waals surface area contributed by atoms with Crippen molar-refractivity contribution in [3.63, 3.8) is 0 Å². The molecule has 5 heteroatoms. The molecule has 0 saturated heterocycles. The number of nitrogens with zero attached hydrogens (tertiary/aromatic N) is 1. The van der Waals surface area contributed by atoms with Gasteiger partial charge in [-0.2, -0.15) is 5.26 Å². The molecule has 18 heavy (non-hydrogen) atoms. The topological polar surface area (TPSA) is 70.0 Å². The van der Waals surface area contributed by atoms with Crippen LogP contribution < -0.4 is 5.32 Å². The van der Waals surface area contributed by atoms with Crippen molar-refractivity contribution < 1.29 is 8.42 Å². The summed E-state index contributed by atoms with van der Waals surface area (Å²) in [6.45, 7) is 6.06. The van der Waals surface area contributed by atoms with Crippen molar-refractivity contribution in [2.45, 2.75) is 37.1 Å². The van der Waals surface area contributed by atoms with E-state index in [0.717, 1.165) is 5.56 Å². The fourth-order valence-corrected chi connectivity index (χ4v) is 3.70. The van der Waals surface area contributed by atoms with Crippen LogP contribution in [-0.4, -0.2) is 20.2 Å².